The van der Waals surface area contributed by atoms with Crippen LogP contribution in [0, 0.1) is 5.82 Å². The molecular formula is C24H23ClFN5O2. The van der Waals surface area contributed by atoms with Gasteiger partial charge in [-0.1, -0.05) is 29.8 Å². The first kappa shape index (κ1) is 21.6. The lowest BCUT2D eigenvalue weighted by atomic mass is 9.98. The molecule has 0 unspecified atom stereocenters. The monoisotopic (exact) mass is 467 g/mol. The van der Waals surface area contributed by atoms with Crippen LogP contribution in [0.1, 0.15) is 11.1 Å². The summed E-state index contributed by atoms with van der Waals surface area (Å²) in [6.07, 6.45) is 4.04. The summed E-state index contributed by atoms with van der Waals surface area (Å²) in [4.78, 5) is 29.7. The van der Waals surface area contributed by atoms with Gasteiger partial charge in [-0.05, 0) is 35.9 Å². The van der Waals surface area contributed by atoms with Crippen molar-refractivity contribution in [1.29, 1.82) is 0 Å². The Morgan fingerprint density at radius 1 is 1.09 bits per heavy atom. The van der Waals surface area contributed by atoms with E-state index in [9.17, 15) is 14.0 Å². The van der Waals surface area contributed by atoms with E-state index in [1.54, 1.807) is 40.0 Å². The lowest BCUT2D eigenvalue weighted by molar-refractivity contribution is -0.153. The van der Waals surface area contributed by atoms with Crippen molar-refractivity contribution in [2.24, 2.45) is 0 Å². The van der Waals surface area contributed by atoms with Crippen molar-refractivity contribution in [1.82, 2.24) is 24.9 Å². The minimum absolute atomic E-state index is 0.0480. The molecule has 33 heavy (non-hydrogen) atoms. The largest absolute Gasteiger partial charge is 0.342 e. The molecule has 0 aliphatic carbocycles. The molecule has 2 aromatic carbocycles. The summed E-state index contributed by atoms with van der Waals surface area (Å²) in [7, 11) is 0. The van der Waals surface area contributed by atoms with E-state index in [4.69, 9.17) is 11.6 Å². The van der Waals surface area contributed by atoms with E-state index in [0.29, 0.717) is 43.3 Å². The predicted molar refractivity (Wildman–Crippen MR) is 121 cm³/mol. The van der Waals surface area contributed by atoms with Gasteiger partial charge in [0.05, 0.1) is 11.9 Å². The van der Waals surface area contributed by atoms with Gasteiger partial charge in [-0.2, -0.15) is 5.10 Å². The van der Waals surface area contributed by atoms with E-state index in [0.717, 1.165) is 11.1 Å². The molecular weight excluding hydrogens is 445 g/mol. The number of rotatable bonds is 5. The number of fused-ring (bicyclic) bond motifs is 1. The van der Waals surface area contributed by atoms with Crippen molar-refractivity contribution in [3.63, 3.8) is 0 Å². The molecule has 2 amide bonds. The number of nitrogens with one attached hydrogen (secondary N) is 1. The Bertz CT molecular complexity index is 1180. The van der Waals surface area contributed by atoms with Crippen molar-refractivity contribution in [2.45, 2.75) is 25.0 Å². The number of amides is 2. The van der Waals surface area contributed by atoms with Crippen molar-refractivity contribution in [3.05, 3.63) is 82.9 Å². The van der Waals surface area contributed by atoms with Crippen LogP contribution in [0.4, 0.5) is 4.39 Å². The number of halogens is 2. The van der Waals surface area contributed by atoms with Crippen LogP contribution < -0.4 is 5.32 Å². The number of piperazine rings is 2. The quantitative estimate of drug-likeness (QED) is 0.625. The first-order valence-corrected chi connectivity index (χ1v) is 11.2. The van der Waals surface area contributed by atoms with Gasteiger partial charge in [0.15, 0.2) is 0 Å². The lowest BCUT2D eigenvalue weighted by Gasteiger charge is -2.45. The van der Waals surface area contributed by atoms with E-state index in [-0.39, 0.29) is 17.6 Å². The maximum Gasteiger partial charge on any atom is 0.246 e. The van der Waals surface area contributed by atoms with Crippen molar-refractivity contribution in [3.8, 4) is 5.69 Å². The summed E-state index contributed by atoms with van der Waals surface area (Å²) in [5, 5.41) is 7.86. The Hall–Kier alpha value is -3.23. The van der Waals surface area contributed by atoms with Gasteiger partial charge in [0.25, 0.3) is 0 Å². The van der Waals surface area contributed by atoms with Gasteiger partial charge < -0.3 is 10.2 Å². The fraction of sp³-hybridized carbons (Fsp3) is 0.292. The predicted octanol–water partition coefficient (Wildman–Crippen LogP) is 2.42. The summed E-state index contributed by atoms with van der Waals surface area (Å²) in [6, 6.07) is 12.5. The average Bonchev–Trinajstić information content (AvgIpc) is 3.27. The Kier molecular flexibility index (Phi) is 5.86. The van der Waals surface area contributed by atoms with Crippen LogP contribution in [-0.2, 0) is 22.6 Å². The highest BCUT2D eigenvalue weighted by Crippen LogP contribution is 2.21. The second kappa shape index (κ2) is 8.96. The zero-order chi connectivity index (χ0) is 22.9. The fourth-order valence-corrected chi connectivity index (χ4v) is 4.58. The lowest BCUT2D eigenvalue weighted by Crippen LogP contribution is -2.69. The van der Waals surface area contributed by atoms with E-state index in [2.05, 4.69) is 15.3 Å². The molecule has 2 atom stereocenters. The minimum Gasteiger partial charge on any atom is -0.342 e. The van der Waals surface area contributed by atoms with Gasteiger partial charge in [0.1, 0.15) is 17.9 Å². The summed E-state index contributed by atoms with van der Waals surface area (Å²) in [6.45, 7) is 2.20. The Labute approximate surface area is 195 Å². The molecule has 9 heteroatoms. The second-order valence-corrected chi connectivity index (χ2v) is 8.88. The molecule has 0 radical (unpaired) electrons. The molecule has 2 aliphatic heterocycles. The Morgan fingerprint density at radius 2 is 1.91 bits per heavy atom. The smallest absolute Gasteiger partial charge is 0.246 e. The second-order valence-electron chi connectivity index (χ2n) is 8.45. The topological polar surface area (TPSA) is 70.5 Å². The number of aromatic nitrogens is 2. The molecule has 2 fully saturated rings. The van der Waals surface area contributed by atoms with Gasteiger partial charge >= 0.3 is 0 Å². The molecule has 0 saturated carbocycles. The molecule has 2 saturated heterocycles. The average molecular weight is 468 g/mol. The number of hydrogen-bond donors (Lipinski definition) is 1. The standard InChI is InChI=1S/C24H23ClFN5O2/c25-18-6-4-16(5-7-18)10-21-24(33)30-9-8-29(15-22(30)23(32)28-21)13-17-12-27-31(14-17)20-3-1-2-19(26)11-20/h1-7,11-12,14,21-22H,8-10,13,15H2,(H,28,32)/t21-,22+/m0/s1. The van der Waals surface area contributed by atoms with Crippen molar-refractivity contribution >= 4 is 23.4 Å². The molecule has 3 aromatic rings. The number of benzene rings is 2. The van der Waals surface area contributed by atoms with Gasteiger partial charge in [0.2, 0.25) is 11.8 Å². The third-order valence-electron chi connectivity index (χ3n) is 6.13. The van der Waals surface area contributed by atoms with Gasteiger partial charge in [-0.3, -0.25) is 14.5 Å². The first-order valence-electron chi connectivity index (χ1n) is 10.8. The van der Waals surface area contributed by atoms with Gasteiger partial charge in [0, 0.05) is 49.4 Å². The van der Waals surface area contributed by atoms with E-state index >= 15 is 0 Å². The third-order valence-corrected chi connectivity index (χ3v) is 6.38. The van der Waals surface area contributed by atoms with E-state index in [1.165, 1.54) is 12.1 Å². The van der Waals surface area contributed by atoms with Crippen molar-refractivity contribution < 1.29 is 14.0 Å². The van der Waals surface area contributed by atoms with Crippen LogP contribution in [0.15, 0.2) is 60.9 Å². The van der Waals surface area contributed by atoms with Crippen LogP contribution in [0.25, 0.3) is 5.69 Å². The fourth-order valence-electron chi connectivity index (χ4n) is 4.46. The molecule has 5 rings (SSSR count). The van der Waals surface area contributed by atoms with Crippen molar-refractivity contribution in [2.75, 3.05) is 19.6 Å². The highest BCUT2D eigenvalue weighted by atomic mass is 35.5. The van der Waals surface area contributed by atoms with Gasteiger partial charge in [-0.25, -0.2) is 9.07 Å². The summed E-state index contributed by atoms with van der Waals surface area (Å²) >= 11 is 5.94. The van der Waals surface area contributed by atoms with Crippen LogP contribution in [-0.4, -0.2) is 63.1 Å². The summed E-state index contributed by atoms with van der Waals surface area (Å²) < 4.78 is 15.1. The number of carbonyl (C=O) groups excluding carboxylic acids is 2. The highest BCUT2D eigenvalue weighted by molar-refractivity contribution is 6.30. The van der Waals surface area contributed by atoms with E-state index < -0.39 is 12.1 Å². The zero-order valence-corrected chi connectivity index (χ0v) is 18.6. The van der Waals surface area contributed by atoms with E-state index in [1.807, 2.05) is 18.3 Å². The Balaban J connectivity index is 1.22. The van der Waals surface area contributed by atoms with Crippen LogP contribution >= 0.6 is 11.6 Å². The SMILES string of the molecule is O=C1N[C@@H](Cc2ccc(Cl)cc2)C(=O)N2CCN(Cc3cnn(-c4cccc(F)c4)c3)C[C@H]12. The number of hydrogen-bond acceptors (Lipinski definition) is 4. The molecule has 3 heterocycles. The number of carbonyl (C=O) groups is 2. The third kappa shape index (κ3) is 4.62. The molecule has 7 nitrogen and oxygen atoms in total. The molecule has 2 aliphatic rings. The summed E-state index contributed by atoms with van der Waals surface area (Å²) in [5.41, 5.74) is 2.55. The van der Waals surface area contributed by atoms with Gasteiger partial charge in [-0.15, -0.1) is 0 Å². The molecule has 170 valence electrons. The van der Waals surface area contributed by atoms with Crippen LogP contribution in [0.2, 0.25) is 5.02 Å². The summed E-state index contributed by atoms with van der Waals surface area (Å²) in [5.74, 6) is -0.496. The molecule has 0 bridgehead atoms. The molecule has 1 N–H and O–H groups in total. The number of nitrogens with zero attached hydrogens (tertiary/aromatic N) is 4. The van der Waals surface area contributed by atoms with Crippen LogP contribution in [0.3, 0.4) is 0 Å². The maximum absolute atomic E-state index is 13.5. The first-order chi connectivity index (χ1) is 16.0. The molecule has 0 spiro atoms. The highest BCUT2D eigenvalue weighted by Gasteiger charge is 2.43. The van der Waals surface area contributed by atoms with Crippen LogP contribution in [0.5, 0.6) is 0 Å². The zero-order valence-electron chi connectivity index (χ0n) is 17.8. The Morgan fingerprint density at radius 3 is 2.70 bits per heavy atom. The maximum atomic E-state index is 13.5. The molecule has 1 aromatic heterocycles. The minimum atomic E-state index is -0.564. The normalized spacial score (nSPS) is 21.1.